The van der Waals surface area contributed by atoms with Crippen molar-refractivity contribution in [1.82, 2.24) is 0 Å². The van der Waals surface area contributed by atoms with Crippen LogP contribution in [0.15, 0.2) is 0 Å². The van der Waals surface area contributed by atoms with Crippen LogP contribution in [0, 0.1) is 5.92 Å². The van der Waals surface area contributed by atoms with Crippen molar-refractivity contribution in [3.8, 4) is 0 Å². The van der Waals surface area contributed by atoms with Crippen LogP contribution in [0.2, 0.25) is 0 Å². The Balaban J connectivity index is 2.57. The lowest BCUT2D eigenvalue weighted by molar-refractivity contribution is -0.212. The van der Waals surface area contributed by atoms with Crippen LogP contribution in [-0.4, -0.2) is 29.2 Å². The first-order valence-electron chi connectivity index (χ1n) is 5.36. The second-order valence-corrected chi connectivity index (χ2v) is 5.03. The number of aliphatic hydroxyl groups excluding tert-OH is 1. The van der Waals surface area contributed by atoms with Gasteiger partial charge in [0, 0.05) is 5.92 Å². The molecule has 1 rings (SSSR count). The van der Waals surface area contributed by atoms with E-state index in [0.29, 0.717) is 0 Å². The monoisotopic (exact) mass is 202 g/mol. The van der Waals surface area contributed by atoms with E-state index in [-0.39, 0.29) is 17.6 Å². The molecule has 1 N–H and O–H groups in total. The van der Waals surface area contributed by atoms with Crippen LogP contribution in [0.3, 0.4) is 0 Å². The van der Waals surface area contributed by atoms with Gasteiger partial charge in [0.25, 0.3) is 0 Å². The molecular formula is C11H22O3. The number of ether oxygens (including phenoxy) is 2. The van der Waals surface area contributed by atoms with Crippen LogP contribution < -0.4 is 0 Å². The van der Waals surface area contributed by atoms with Crippen LogP contribution in [-0.2, 0) is 9.47 Å². The van der Waals surface area contributed by atoms with Crippen LogP contribution >= 0.6 is 0 Å². The van der Waals surface area contributed by atoms with E-state index in [0.717, 1.165) is 6.42 Å². The highest BCUT2D eigenvalue weighted by Gasteiger charge is 2.42. The molecule has 1 heterocycles. The summed E-state index contributed by atoms with van der Waals surface area (Å²) in [5.41, 5.74) is -0.270. The fourth-order valence-corrected chi connectivity index (χ4v) is 1.76. The maximum Gasteiger partial charge on any atom is 0.184 e. The predicted octanol–water partition coefficient (Wildman–Crippen LogP) is 1.93. The Labute approximate surface area is 86.4 Å². The van der Waals surface area contributed by atoms with Gasteiger partial charge >= 0.3 is 0 Å². The molecule has 1 fully saturated rings. The Kier molecular flexibility index (Phi) is 3.56. The minimum atomic E-state index is -0.501. The van der Waals surface area contributed by atoms with E-state index in [9.17, 15) is 5.11 Å². The minimum absolute atomic E-state index is 0.123. The Hall–Kier alpha value is -0.120. The quantitative estimate of drug-likeness (QED) is 0.743. The molecule has 3 heteroatoms. The molecule has 0 radical (unpaired) electrons. The Morgan fingerprint density at radius 2 is 1.93 bits per heavy atom. The van der Waals surface area contributed by atoms with Crippen molar-refractivity contribution in [2.75, 3.05) is 0 Å². The van der Waals surface area contributed by atoms with Crippen LogP contribution in [0.1, 0.15) is 41.0 Å². The number of rotatable bonds is 2. The highest BCUT2D eigenvalue weighted by molar-refractivity contribution is 4.84. The van der Waals surface area contributed by atoms with Crippen molar-refractivity contribution in [1.29, 1.82) is 0 Å². The van der Waals surface area contributed by atoms with E-state index in [4.69, 9.17) is 9.47 Å². The fraction of sp³-hybridized carbons (Fsp3) is 1.00. The molecule has 0 aromatic heterocycles. The molecule has 1 unspecified atom stereocenters. The largest absolute Gasteiger partial charge is 0.387 e. The van der Waals surface area contributed by atoms with Gasteiger partial charge in [-0.25, -0.2) is 0 Å². The zero-order valence-corrected chi connectivity index (χ0v) is 9.78. The summed E-state index contributed by atoms with van der Waals surface area (Å²) in [7, 11) is 0. The molecule has 1 aliphatic heterocycles. The molecule has 0 aromatic rings. The summed E-state index contributed by atoms with van der Waals surface area (Å²) < 4.78 is 11.3. The molecule has 1 saturated heterocycles. The van der Waals surface area contributed by atoms with Crippen molar-refractivity contribution in [2.24, 2.45) is 5.92 Å². The second kappa shape index (κ2) is 4.17. The van der Waals surface area contributed by atoms with Gasteiger partial charge in [-0.2, -0.15) is 0 Å². The van der Waals surface area contributed by atoms with E-state index >= 15 is 0 Å². The van der Waals surface area contributed by atoms with E-state index in [1.165, 1.54) is 0 Å². The molecule has 1 aliphatic rings. The van der Waals surface area contributed by atoms with Crippen molar-refractivity contribution >= 4 is 0 Å². The normalized spacial score (nSPS) is 39.0. The van der Waals surface area contributed by atoms with Gasteiger partial charge in [0.1, 0.15) is 6.10 Å². The van der Waals surface area contributed by atoms with Crippen molar-refractivity contribution in [2.45, 2.75) is 65.1 Å². The third-order valence-corrected chi connectivity index (χ3v) is 2.58. The molecule has 0 saturated carbocycles. The molecule has 0 aliphatic carbocycles. The summed E-state index contributed by atoms with van der Waals surface area (Å²) in [5.74, 6) is 0.160. The second-order valence-electron chi connectivity index (χ2n) is 5.03. The van der Waals surface area contributed by atoms with Gasteiger partial charge in [0.05, 0.1) is 11.7 Å². The first kappa shape index (κ1) is 12.0. The molecule has 14 heavy (non-hydrogen) atoms. The number of hydrogen-bond donors (Lipinski definition) is 1. The zero-order valence-electron chi connectivity index (χ0n) is 9.78. The van der Waals surface area contributed by atoms with Crippen LogP contribution in [0.25, 0.3) is 0 Å². The number of hydrogen-bond acceptors (Lipinski definition) is 3. The van der Waals surface area contributed by atoms with Gasteiger partial charge in [-0.05, 0) is 27.2 Å². The fourth-order valence-electron chi connectivity index (χ4n) is 1.76. The standard InChI is InChI=1S/C11H22O3/c1-6-8-7(2)9(12)10(13-8)14-11(3,4)5/h7-10,12H,6H2,1-5H3/t7?,8-,9+,10-/m0/s1. The van der Waals surface area contributed by atoms with Gasteiger partial charge in [0.15, 0.2) is 6.29 Å². The van der Waals surface area contributed by atoms with Gasteiger partial charge < -0.3 is 14.6 Å². The van der Waals surface area contributed by atoms with E-state index in [1.54, 1.807) is 0 Å². The van der Waals surface area contributed by atoms with Gasteiger partial charge in [-0.3, -0.25) is 0 Å². The topological polar surface area (TPSA) is 38.7 Å². The van der Waals surface area contributed by atoms with E-state index < -0.39 is 12.4 Å². The van der Waals surface area contributed by atoms with Crippen molar-refractivity contribution in [3.63, 3.8) is 0 Å². The lowest BCUT2D eigenvalue weighted by Crippen LogP contribution is -2.35. The van der Waals surface area contributed by atoms with Gasteiger partial charge in [-0.1, -0.05) is 13.8 Å². The lowest BCUT2D eigenvalue weighted by Gasteiger charge is -2.26. The van der Waals surface area contributed by atoms with Crippen molar-refractivity contribution < 1.29 is 14.6 Å². The molecule has 4 atom stereocenters. The Bertz CT molecular complexity index is 185. The molecule has 3 nitrogen and oxygen atoms in total. The highest BCUT2D eigenvalue weighted by Crippen LogP contribution is 2.31. The van der Waals surface area contributed by atoms with E-state index in [1.807, 2.05) is 27.7 Å². The summed E-state index contributed by atoms with van der Waals surface area (Å²) in [5, 5.41) is 9.87. The minimum Gasteiger partial charge on any atom is -0.387 e. The molecule has 0 aromatic carbocycles. The molecule has 0 bridgehead atoms. The molecular weight excluding hydrogens is 180 g/mol. The average Bonchev–Trinajstić information content (AvgIpc) is 2.30. The van der Waals surface area contributed by atoms with Gasteiger partial charge in [0.2, 0.25) is 0 Å². The SMILES string of the molecule is CC[C@@H]1O[C@@H](OC(C)(C)C)[C@H](O)C1C. The van der Waals surface area contributed by atoms with Crippen LogP contribution in [0.4, 0.5) is 0 Å². The first-order chi connectivity index (χ1) is 6.35. The predicted molar refractivity (Wildman–Crippen MR) is 55.0 cm³/mol. The highest BCUT2D eigenvalue weighted by atomic mass is 16.7. The lowest BCUT2D eigenvalue weighted by atomic mass is 9.99. The average molecular weight is 202 g/mol. The smallest absolute Gasteiger partial charge is 0.184 e. The van der Waals surface area contributed by atoms with Crippen LogP contribution in [0.5, 0.6) is 0 Å². The van der Waals surface area contributed by atoms with E-state index in [2.05, 4.69) is 6.92 Å². The summed E-state index contributed by atoms with van der Waals surface area (Å²) >= 11 is 0. The summed E-state index contributed by atoms with van der Waals surface area (Å²) in [4.78, 5) is 0. The number of aliphatic hydroxyl groups is 1. The molecule has 84 valence electrons. The maximum atomic E-state index is 9.87. The summed E-state index contributed by atoms with van der Waals surface area (Å²) in [6, 6.07) is 0. The molecule has 0 spiro atoms. The Morgan fingerprint density at radius 1 is 1.36 bits per heavy atom. The summed E-state index contributed by atoms with van der Waals surface area (Å²) in [6.45, 7) is 9.96. The van der Waals surface area contributed by atoms with Gasteiger partial charge in [-0.15, -0.1) is 0 Å². The zero-order chi connectivity index (χ0) is 10.9. The maximum absolute atomic E-state index is 9.87. The third-order valence-electron chi connectivity index (χ3n) is 2.58. The summed E-state index contributed by atoms with van der Waals surface area (Å²) in [6.07, 6.45) is 0.0777. The van der Waals surface area contributed by atoms with Crippen molar-refractivity contribution in [3.05, 3.63) is 0 Å². The Morgan fingerprint density at radius 3 is 2.29 bits per heavy atom. The molecule has 0 amide bonds. The third kappa shape index (κ3) is 2.69. The first-order valence-corrected chi connectivity index (χ1v) is 5.36.